The Hall–Kier alpha value is -0.540. The van der Waals surface area contributed by atoms with E-state index in [0.717, 1.165) is 16.3 Å². The predicted molar refractivity (Wildman–Crippen MR) is 51.3 cm³/mol. The normalized spacial score (nSPS) is 12.9. The van der Waals surface area contributed by atoms with Gasteiger partial charge in [-0.05, 0) is 30.4 Å². The Kier molecular flexibility index (Phi) is 3.56. The highest BCUT2D eigenvalue weighted by Gasteiger charge is 2.01. The van der Waals surface area contributed by atoms with Gasteiger partial charge in [0.2, 0.25) is 0 Å². The number of aliphatic hydroxyl groups is 1. The van der Waals surface area contributed by atoms with E-state index in [0.29, 0.717) is 0 Å². The average Bonchev–Trinajstić information content (AvgIpc) is 2.05. The summed E-state index contributed by atoms with van der Waals surface area (Å²) in [4.78, 5) is 4.16. The largest absolute Gasteiger partial charge is 0.389 e. The van der Waals surface area contributed by atoms with Crippen molar-refractivity contribution in [3.63, 3.8) is 0 Å². The molecule has 0 saturated heterocycles. The third-order valence-electron chi connectivity index (χ3n) is 1.53. The van der Waals surface area contributed by atoms with E-state index in [1.54, 1.807) is 24.9 Å². The van der Waals surface area contributed by atoms with Gasteiger partial charge in [0.15, 0.2) is 0 Å². The number of hydrogen-bond donors (Lipinski definition) is 1. The Morgan fingerprint density at radius 3 is 3.00 bits per heavy atom. The van der Waals surface area contributed by atoms with Crippen LogP contribution < -0.4 is 0 Å². The Morgan fingerprint density at radius 2 is 2.42 bits per heavy atom. The molecule has 0 bridgehead atoms. The molecule has 0 saturated carbocycles. The monoisotopic (exact) mass is 183 g/mol. The number of aromatic nitrogens is 1. The molecule has 0 aliphatic rings. The molecular formula is C9H13NOS. The fourth-order valence-electron chi connectivity index (χ4n) is 0.911. The SMILES string of the molecule is CCSc1cc([C@@H](C)O)ccn1. The fraction of sp³-hybridized carbons (Fsp3) is 0.444. The molecule has 3 heteroatoms. The van der Waals surface area contributed by atoms with Gasteiger partial charge in [-0.15, -0.1) is 11.8 Å². The molecule has 0 aromatic carbocycles. The van der Waals surface area contributed by atoms with Crippen molar-refractivity contribution in [1.29, 1.82) is 0 Å². The standard InChI is InChI=1S/C9H13NOS/c1-3-12-9-6-8(7(2)11)4-5-10-9/h4-7,11H,3H2,1-2H3/t7-/m1/s1. The summed E-state index contributed by atoms with van der Waals surface area (Å²) in [5.41, 5.74) is 0.931. The third-order valence-corrected chi connectivity index (χ3v) is 2.34. The van der Waals surface area contributed by atoms with E-state index >= 15 is 0 Å². The first-order valence-corrected chi connectivity index (χ1v) is 4.99. The Bertz CT molecular complexity index is 250. The molecule has 1 heterocycles. The lowest BCUT2D eigenvalue weighted by Crippen LogP contribution is -1.92. The minimum absolute atomic E-state index is 0.399. The van der Waals surface area contributed by atoms with Gasteiger partial charge in [-0.1, -0.05) is 6.92 Å². The van der Waals surface area contributed by atoms with Crippen molar-refractivity contribution >= 4 is 11.8 Å². The van der Waals surface area contributed by atoms with Crippen molar-refractivity contribution in [3.8, 4) is 0 Å². The first kappa shape index (κ1) is 9.55. The van der Waals surface area contributed by atoms with E-state index in [-0.39, 0.29) is 0 Å². The van der Waals surface area contributed by atoms with Gasteiger partial charge in [0, 0.05) is 6.20 Å². The lowest BCUT2D eigenvalue weighted by Gasteiger charge is -2.05. The highest BCUT2D eigenvalue weighted by atomic mass is 32.2. The molecule has 1 atom stereocenters. The molecule has 0 radical (unpaired) electrons. The zero-order valence-electron chi connectivity index (χ0n) is 7.32. The third kappa shape index (κ3) is 2.50. The van der Waals surface area contributed by atoms with Crippen molar-refractivity contribution < 1.29 is 5.11 Å². The van der Waals surface area contributed by atoms with Crippen LogP contribution in [0.15, 0.2) is 23.4 Å². The van der Waals surface area contributed by atoms with Gasteiger partial charge in [-0.3, -0.25) is 0 Å². The number of nitrogens with zero attached hydrogens (tertiary/aromatic N) is 1. The predicted octanol–water partition coefficient (Wildman–Crippen LogP) is 2.25. The number of pyridine rings is 1. The average molecular weight is 183 g/mol. The lowest BCUT2D eigenvalue weighted by atomic mass is 10.2. The minimum atomic E-state index is -0.399. The van der Waals surface area contributed by atoms with Crippen molar-refractivity contribution in [2.24, 2.45) is 0 Å². The molecule has 0 fully saturated rings. The molecule has 0 unspecified atom stereocenters. The summed E-state index contributed by atoms with van der Waals surface area (Å²) < 4.78 is 0. The molecule has 1 rings (SSSR count). The maximum atomic E-state index is 9.28. The number of thioether (sulfide) groups is 1. The maximum Gasteiger partial charge on any atom is 0.0963 e. The summed E-state index contributed by atoms with van der Waals surface area (Å²) in [6, 6.07) is 3.77. The van der Waals surface area contributed by atoms with Crippen LogP contribution in [0.2, 0.25) is 0 Å². The first-order valence-electron chi connectivity index (χ1n) is 4.01. The summed E-state index contributed by atoms with van der Waals surface area (Å²) in [6.07, 6.45) is 1.34. The quantitative estimate of drug-likeness (QED) is 0.730. The second kappa shape index (κ2) is 4.48. The van der Waals surface area contributed by atoms with E-state index < -0.39 is 6.10 Å². The van der Waals surface area contributed by atoms with Crippen LogP contribution in [0.5, 0.6) is 0 Å². The summed E-state index contributed by atoms with van der Waals surface area (Å²) in [5.74, 6) is 1.01. The minimum Gasteiger partial charge on any atom is -0.389 e. The molecule has 12 heavy (non-hydrogen) atoms. The molecule has 0 spiro atoms. The van der Waals surface area contributed by atoms with Gasteiger partial charge in [0.25, 0.3) is 0 Å². The molecule has 1 aromatic heterocycles. The van der Waals surface area contributed by atoms with E-state index in [4.69, 9.17) is 0 Å². The molecular weight excluding hydrogens is 170 g/mol. The van der Waals surface area contributed by atoms with Gasteiger partial charge in [0.05, 0.1) is 11.1 Å². The van der Waals surface area contributed by atoms with Crippen LogP contribution in [0.3, 0.4) is 0 Å². The summed E-state index contributed by atoms with van der Waals surface area (Å²) >= 11 is 1.68. The Balaban J connectivity index is 2.81. The van der Waals surface area contributed by atoms with Crippen molar-refractivity contribution in [3.05, 3.63) is 23.9 Å². The Morgan fingerprint density at radius 1 is 1.67 bits per heavy atom. The zero-order chi connectivity index (χ0) is 8.97. The van der Waals surface area contributed by atoms with Gasteiger partial charge >= 0.3 is 0 Å². The summed E-state index contributed by atoms with van der Waals surface area (Å²) in [6.45, 7) is 3.84. The van der Waals surface area contributed by atoms with E-state index in [2.05, 4.69) is 11.9 Å². The second-order valence-electron chi connectivity index (χ2n) is 2.54. The Labute approximate surface area is 77.0 Å². The lowest BCUT2D eigenvalue weighted by molar-refractivity contribution is 0.199. The molecule has 0 aliphatic carbocycles. The zero-order valence-corrected chi connectivity index (χ0v) is 8.14. The van der Waals surface area contributed by atoms with Gasteiger partial charge in [0.1, 0.15) is 0 Å². The number of hydrogen-bond acceptors (Lipinski definition) is 3. The van der Waals surface area contributed by atoms with Crippen LogP contribution in [-0.4, -0.2) is 15.8 Å². The van der Waals surface area contributed by atoms with Crippen LogP contribution in [-0.2, 0) is 0 Å². The van der Waals surface area contributed by atoms with Gasteiger partial charge in [-0.25, -0.2) is 4.98 Å². The molecule has 1 N–H and O–H groups in total. The summed E-state index contributed by atoms with van der Waals surface area (Å²) in [7, 11) is 0. The van der Waals surface area contributed by atoms with Gasteiger partial charge in [-0.2, -0.15) is 0 Å². The maximum absolute atomic E-state index is 9.28. The second-order valence-corrected chi connectivity index (χ2v) is 3.82. The number of rotatable bonds is 3. The van der Waals surface area contributed by atoms with E-state index in [1.165, 1.54) is 0 Å². The number of aliphatic hydroxyl groups excluding tert-OH is 1. The molecule has 2 nitrogen and oxygen atoms in total. The molecule has 0 aliphatic heterocycles. The van der Waals surface area contributed by atoms with Crippen molar-refractivity contribution in [1.82, 2.24) is 4.98 Å². The van der Waals surface area contributed by atoms with Crippen LogP contribution in [0.4, 0.5) is 0 Å². The highest BCUT2D eigenvalue weighted by Crippen LogP contribution is 2.19. The van der Waals surface area contributed by atoms with Crippen molar-refractivity contribution in [2.45, 2.75) is 25.0 Å². The van der Waals surface area contributed by atoms with Crippen LogP contribution in [0.25, 0.3) is 0 Å². The van der Waals surface area contributed by atoms with Crippen LogP contribution in [0.1, 0.15) is 25.5 Å². The molecule has 0 amide bonds. The molecule has 1 aromatic rings. The van der Waals surface area contributed by atoms with E-state index in [1.807, 2.05) is 12.1 Å². The van der Waals surface area contributed by atoms with Gasteiger partial charge < -0.3 is 5.11 Å². The summed E-state index contributed by atoms with van der Waals surface area (Å²) in [5, 5.41) is 10.3. The highest BCUT2D eigenvalue weighted by molar-refractivity contribution is 7.99. The van der Waals surface area contributed by atoms with E-state index in [9.17, 15) is 5.11 Å². The van der Waals surface area contributed by atoms with Crippen molar-refractivity contribution in [2.75, 3.05) is 5.75 Å². The fourth-order valence-corrected chi connectivity index (χ4v) is 1.56. The first-order chi connectivity index (χ1) is 5.74. The molecule has 66 valence electrons. The van der Waals surface area contributed by atoms with Crippen LogP contribution >= 0.6 is 11.8 Å². The smallest absolute Gasteiger partial charge is 0.0963 e. The van der Waals surface area contributed by atoms with Crippen LogP contribution in [0, 0.1) is 0 Å². The topological polar surface area (TPSA) is 33.1 Å².